The largest absolute Gasteiger partial charge is 0.507 e. The summed E-state index contributed by atoms with van der Waals surface area (Å²) in [5.41, 5.74) is 4.11. The predicted octanol–water partition coefficient (Wildman–Crippen LogP) is 4.22. The van der Waals surface area contributed by atoms with Crippen LogP contribution in [-0.4, -0.2) is 19.7 Å². The summed E-state index contributed by atoms with van der Waals surface area (Å²) in [6, 6.07) is 15.4. The molecular formula is C19H14FN3O. The number of aromatic nitrogens is 3. The number of hydrogen-bond acceptors (Lipinski definition) is 3. The Morgan fingerprint density at radius 3 is 2.58 bits per heavy atom. The maximum atomic E-state index is 13.8. The third kappa shape index (κ3) is 2.31. The third-order valence-corrected chi connectivity index (χ3v) is 3.90. The molecule has 0 saturated heterocycles. The van der Waals surface area contributed by atoms with E-state index in [-0.39, 0.29) is 5.75 Å². The van der Waals surface area contributed by atoms with Gasteiger partial charge in [0.1, 0.15) is 11.6 Å². The quantitative estimate of drug-likeness (QED) is 0.602. The lowest BCUT2D eigenvalue weighted by atomic mass is 10.00. The standard InChI is InChI=1S/C19H14FN3O/c1-12-9-18-21-11-16(13-5-3-2-4-6-13)19(23(18)22-12)15-10-14(20)7-8-17(15)24/h2-11,24H,1H3. The van der Waals surface area contributed by atoms with Crippen molar-refractivity contribution in [3.8, 4) is 28.1 Å². The molecule has 1 N–H and O–H groups in total. The first kappa shape index (κ1) is 14.4. The second-order valence-corrected chi connectivity index (χ2v) is 5.60. The van der Waals surface area contributed by atoms with Crippen LogP contribution in [0.5, 0.6) is 5.75 Å². The van der Waals surface area contributed by atoms with Gasteiger partial charge in [-0.3, -0.25) is 0 Å². The molecule has 0 spiro atoms. The van der Waals surface area contributed by atoms with Crippen molar-refractivity contribution in [3.63, 3.8) is 0 Å². The fourth-order valence-electron chi connectivity index (χ4n) is 2.83. The summed E-state index contributed by atoms with van der Waals surface area (Å²) in [6.45, 7) is 1.87. The summed E-state index contributed by atoms with van der Waals surface area (Å²) >= 11 is 0. The van der Waals surface area contributed by atoms with Crippen LogP contribution in [0, 0.1) is 12.7 Å². The summed E-state index contributed by atoms with van der Waals surface area (Å²) in [5.74, 6) is -0.426. The Hall–Kier alpha value is -3.21. The minimum Gasteiger partial charge on any atom is -0.507 e. The first-order valence-corrected chi connectivity index (χ1v) is 7.53. The zero-order valence-electron chi connectivity index (χ0n) is 12.9. The summed E-state index contributed by atoms with van der Waals surface area (Å²) in [4.78, 5) is 4.44. The third-order valence-electron chi connectivity index (χ3n) is 3.90. The summed E-state index contributed by atoms with van der Waals surface area (Å²) in [7, 11) is 0. The second kappa shape index (κ2) is 5.45. The maximum Gasteiger partial charge on any atom is 0.155 e. The Bertz CT molecular complexity index is 1040. The lowest BCUT2D eigenvalue weighted by Crippen LogP contribution is -2.00. The highest BCUT2D eigenvalue weighted by Crippen LogP contribution is 2.37. The van der Waals surface area contributed by atoms with Crippen LogP contribution in [0.15, 0.2) is 60.8 Å². The van der Waals surface area contributed by atoms with Crippen LogP contribution in [0.4, 0.5) is 4.39 Å². The molecule has 5 heteroatoms. The van der Waals surface area contributed by atoms with E-state index in [2.05, 4.69) is 10.1 Å². The van der Waals surface area contributed by atoms with Crippen molar-refractivity contribution in [1.29, 1.82) is 0 Å². The van der Waals surface area contributed by atoms with Gasteiger partial charge in [-0.05, 0) is 30.7 Å². The molecule has 0 radical (unpaired) electrons. The topological polar surface area (TPSA) is 50.4 Å². The van der Waals surface area contributed by atoms with Crippen molar-refractivity contribution in [2.45, 2.75) is 6.92 Å². The number of fused-ring (bicyclic) bond motifs is 1. The molecule has 0 aliphatic rings. The maximum absolute atomic E-state index is 13.8. The van der Waals surface area contributed by atoms with E-state index in [1.165, 1.54) is 18.2 Å². The molecular weight excluding hydrogens is 305 g/mol. The van der Waals surface area contributed by atoms with Gasteiger partial charge in [0, 0.05) is 23.4 Å². The van der Waals surface area contributed by atoms with Gasteiger partial charge < -0.3 is 5.11 Å². The number of phenols is 1. The normalized spacial score (nSPS) is 11.1. The van der Waals surface area contributed by atoms with E-state index < -0.39 is 5.82 Å². The van der Waals surface area contributed by atoms with E-state index in [9.17, 15) is 9.50 Å². The highest BCUT2D eigenvalue weighted by atomic mass is 19.1. The Morgan fingerprint density at radius 1 is 1.00 bits per heavy atom. The number of hydrogen-bond donors (Lipinski definition) is 1. The van der Waals surface area contributed by atoms with Crippen molar-refractivity contribution in [2.75, 3.05) is 0 Å². The van der Waals surface area contributed by atoms with Crippen molar-refractivity contribution in [3.05, 3.63) is 72.3 Å². The van der Waals surface area contributed by atoms with Gasteiger partial charge in [-0.15, -0.1) is 0 Å². The zero-order valence-corrected chi connectivity index (χ0v) is 12.9. The van der Waals surface area contributed by atoms with Crippen LogP contribution in [0.3, 0.4) is 0 Å². The number of aromatic hydroxyl groups is 1. The molecule has 2 aromatic carbocycles. The molecule has 4 aromatic rings. The Labute approximate surface area is 137 Å². The first-order chi connectivity index (χ1) is 11.6. The SMILES string of the molecule is Cc1cc2ncc(-c3ccccc3)c(-c3cc(F)ccc3O)n2n1. The smallest absolute Gasteiger partial charge is 0.155 e. The molecule has 2 heterocycles. The zero-order chi connectivity index (χ0) is 16.7. The average Bonchev–Trinajstić information content (AvgIpc) is 2.97. The van der Waals surface area contributed by atoms with Crippen molar-refractivity contribution in [2.24, 2.45) is 0 Å². The molecule has 2 aromatic heterocycles. The molecule has 4 nitrogen and oxygen atoms in total. The molecule has 0 bridgehead atoms. The molecule has 0 atom stereocenters. The van der Waals surface area contributed by atoms with Gasteiger partial charge in [-0.2, -0.15) is 5.10 Å². The van der Waals surface area contributed by atoms with E-state index >= 15 is 0 Å². The van der Waals surface area contributed by atoms with Gasteiger partial charge in [0.25, 0.3) is 0 Å². The molecule has 4 rings (SSSR count). The lowest BCUT2D eigenvalue weighted by molar-refractivity contribution is 0.475. The molecule has 0 aliphatic heterocycles. The van der Waals surface area contributed by atoms with Gasteiger partial charge in [-0.1, -0.05) is 30.3 Å². The van der Waals surface area contributed by atoms with Gasteiger partial charge in [0.05, 0.1) is 11.4 Å². The fraction of sp³-hybridized carbons (Fsp3) is 0.0526. The summed E-state index contributed by atoms with van der Waals surface area (Å²) in [6.07, 6.45) is 1.73. The van der Waals surface area contributed by atoms with Crippen molar-refractivity contribution >= 4 is 5.65 Å². The van der Waals surface area contributed by atoms with Gasteiger partial charge in [-0.25, -0.2) is 13.9 Å². The average molecular weight is 319 g/mol. The Morgan fingerprint density at radius 2 is 1.79 bits per heavy atom. The molecule has 0 aliphatic carbocycles. The summed E-state index contributed by atoms with van der Waals surface area (Å²) in [5, 5.41) is 14.8. The number of benzene rings is 2. The number of nitrogens with zero attached hydrogens (tertiary/aromatic N) is 3. The van der Waals surface area contributed by atoms with Crippen LogP contribution >= 0.6 is 0 Å². The summed E-state index contributed by atoms with van der Waals surface area (Å²) < 4.78 is 15.5. The van der Waals surface area contributed by atoms with E-state index in [1.54, 1.807) is 10.7 Å². The fourth-order valence-corrected chi connectivity index (χ4v) is 2.83. The number of aryl methyl sites for hydroxylation is 1. The second-order valence-electron chi connectivity index (χ2n) is 5.60. The van der Waals surface area contributed by atoms with Crippen LogP contribution in [-0.2, 0) is 0 Å². The highest BCUT2D eigenvalue weighted by molar-refractivity contribution is 5.84. The molecule has 0 unspecified atom stereocenters. The molecule has 0 amide bonds. The number of phenolic OH excluding ortho intramolecular Hbond substituents is 1. The number of halogens is 1. The van der Waals surface area contributed by atoms with Crippen LogP contribution < -0.4 is 0 Å². The predicted molar refractivity (Wildman–Crippen MR) is 90.2 cm³/mol. The Balaban J connectivity index is 2.12. The van der Waals surface area contributed by atoms with Gasteiger partial charge in [0.2, 0.25) is 0 Å². The van der Waals surface area contributed by atoms with Crippen LogP contribution in [0.1, 0.15) is 5.69 Å². The first-order valence-electron chi connectivity index (χ1n) is 7.53. The van der Waals surface area contributed by atoms with Crippen LogP contribution in [0.2, 0.25) is 0 Å². The minimum atomic E-state index is -0.421. The molecule has 24 heavy (non-hydrogen) atoms. The monoisotopic (exact) mass is 319 g/mol. The molecule has 0 fully saturated rings. The van der Waals surface area contributed by atoms with E-state index in [0.29, 0.717) is 16.9 Å². The van der Waals surface area contributed by atoms with E-state index in [4.69, 9.17) is 0 Å². The Kier molecular flexibility index (Phi) is 3.27. The minimum absolute atomic E-state index is 0.00534. The van der Waals surface area contributed by atoms with E-state index in [1.807, 2.05) is 43.3 Å². The molecule has 0 saturated carbocycles. The lowest BCUT2D eigenvalue weighted by Gasteiger charge is -2.13. The van der Waals surface area contributed by atoms with Gasteiger partial charge in [0.15, 0.2) is 5.65 Å². The van der Waals surface area contributed by atoms with Crippen LogP contribution in [0.25, 0.3) is 28.0 Å². The number of rotatable bonds is 2. The molecule has 118 valence electrons. The van der Waals surface area contributed by atoms with Crippen molar-refractivity contribution in [1.82, 2.24) is 14.6 Å². The van der Waals surface area contributed by atoms with Crippen molar-refractivity contribution < 1.29 is 9.50 Å². The highest BCUT2D eigenvalue weighted by Gasteiger charge is 2.18. The van der Waals surface area contributed by atoms with E-state index in [0.717, 1.165) is 16.8 Å². The van der Waals surface area contributed by atoms with Gasteiger partial charge >= 0.3 is 0 Å².